The number of hydrogen-bond acceptors (Lipinski definition) is 3. The van der Waals surface area contributed by atoms with Gasteiger partial charge in [-0.2, -0.15) is 0 Å². The largest absolute Gasteiger partial charge is 0.469 e. The van der Waals surface area contributed by atoms with Gasteiger partial charge in [-0.25, -0.2) is 0 Å². The van der Waals surface area contributed by atoms with Crippen molar-refractivity contribution in [3.63, 3.8) is 0 Å². The van der Waals surface area contributed by atoms with Crippen molar-refractivity contribution in [2.75, 3.05) is 7.11 Å². The SMILES string of the molecule is CCC(O)C1CC1CCCCCCCCC(=O)OC. The fourth-order valence-electron chi connectivity index (χ4n) is 2.86. The topological polar surface area (TPSA) is 46.5 Å². The summed E-state index contributed by atoms with van der Waals surface area (Å²) in [5.41, 5.74) is 0. The van der Waals surface area contributed by atoms with Crippen LogP contribution in [0.2, 0.25) is 0 Å². The minimum Gasteiger partial charge on any atom is -0.469 e. The van der Waals surface area contributed by atoms with Crippen LogP contribution >= 0.6 is 0 Å². The zero-order valence-corrected chi connectivity index (χ0v) is 12.6. The maximum atomic E-state index is 10.9. The Morgan fingerprint density at radius 2 is 1.84 bits per heavy atom. The number of aliphatic hydroxyl groups excluding tert-OH is 1. The van der Waals surface area contributed by atoms with Gasteiger partial charge in [0.15, 0.2) is 0 Å². The third-order valence-corrected chi connectivity index (χ3v) is 4.32. The van der Waals surface area contributed by atoms with E-state index >= 15 is 0 Å². The Hall–Kier alpha value is -0.570. The van der Waals surface area contributed by atoms with Gasteiger partial charge in [0.25, 0.3) is 0 Å². The zero-order chi connectivity index (χ0) is 14.1. The predicted octanol–water partition coefficient (Wildman–Crippen LogP) is 3.69. The number of unbranched alkanes of at least 4 members (excludes halogenated alkanes) is 5. The lowest BCUT2D eigenvalue weighted by atomic mass is 10.0. The summed E-state index contributed by atoms with van der Waals surface area (Å²) in [4.78, 5) is 10.9. The first-order chi connectivity index (χ1) is 9.19. The molecule has 1 aliphatic carbocycles. The Morgan fingerprint density at radius 3 is 2.47 bits per heavy atom. The van der Waals surface area contributed by atoms with E-state index in [9.17, 15) is 9.90 Å². The Morgan fingerprint density at radius 1 is 1.21 bits per heavy atom. The summed E-state index contributed by atoms with van der Waals surface area (Å²) in [7, 11) is 1.45. The van der Waals surface area contributed by atoms with Crippen molar-refractivity contribution in [1.29, 1.82) is 0 Å². The van der Waals surface area contributed by atoms with Crippen LogP contribution in [0.25, 0.3) is 0 Å². The molecule has 0 bridgehead atoms. The van der Waals surface area contributed by atoms with Crippen molar-refractivity contribution < 1.29 is 14.6 Å². The number of carbonyl (C=O) groups excluding carboxylic acids is 1. The van der Waals surface area contributed by atoms with Crippen LogP contribution in [-0.4, -0.2) is 24.3 Å². The molecule has 0 spiro atoms. The van der Waals surface area contributed by atoms with Crippen LogP contribution in [0, 0.1) is 11.8 Å². The highest BCUT2D eigenvalue weighted by molar-refractivity contribution is 5.68. The predicted molar refractivity (Wildman–Crippen MR) is 76.8 cm³/mol. The second-order valence-corrected chi connectivity index (χ2v) is 5.87. The molecule has 3 heteroatoms. The Bertz CT molecular complexity index is 252. The number of carbonyl (C=O) groups is 1. The zero-order valence-electron chi connectivity index (χ0n) is 12.6. The van der Waals surface area contributed by atoms with E-state index in [1.54, 1.807) is 0 Å². The van der Waals surface area contributed by atoms with Gasteiger partial charge >= 0.3 is 5.97 Å². The van der Waals surface area contributed by atoms with Crippen molar-refractivity contribution in [3.05, 3.63) is 0 Å². The third kappa shape index (κ3) is 6.95. The molecule has 0 aliphatic heterocycles. The van der Waals surface area contributed by atoms with Crippen LogP contribution in [0.5, 0.6) is 0 Å². The quantitative estimate of drug-likeness (QED) is 0.460. The van der Waals surface area contributed by atoms with Gasteiger partial charge in [-0.15, -0.1) is 0 Å². The average molecular weight is 270 g/mol. The van der Waals surface area contributed by atoms with Crippen LogP contribution in [0.4, 0.5) is 0 Å². The number of ether oxygens (including phenoxy) is 1. The molecule has 1 rings (SSSR count). The monoisotopic (exact) mass is 270 g/mol. The van der Waals surface area contributed by atoms with Gasteiger partial charge in [-0.3, -0.25) is 4.79 Å². The van der Waals surface area contributed by atoms with E-state index in [0.717, 1.165) is 25.2 Å². The average Bonchev–Trinajstić information content (AvgIpc) is 3.20. The van der Waals surface area contributed by atoms with Crippen molar-refractivity contribution >= 4 is 5.97 Å². The van der Waals surface area contributed by atoms with Crippen molar-refractivity contribution in [3.8, 4) is 0 Å². The molecule has 0 amide bonds. The number of aliphatic hydroxyl groups is 1. The number of esters is 1. The molecule has 0 heterocycles. The molecule has 1 aliphatic rings. The molecule has 0 saturated heterocycles. The van der Waals surface area contributed by atoms with Gasteiger partial charge in [0.2, 0.25) is 0 Å². The molecular weight excluding hydrogens is 240 g/mol. The summed E-state index contributed by atoms with van der Waals surface area (Å²) in [6, 6.07) is 0. The molecule has 1 N–H and O–H groups in total. The second-order valence-electron chi connectivity index (χ2n) is 5.87. The molecule has 112 valence electrons. The van der Waals surface area contributed by atoms with Crippen LogP contribution < -0.4 is 0 Å². The lowest BCUT2D eigenvalue weighted by Gasteiger charge is -2.06. The lowest BCUT2D eigenvalue weighted by molar-refractivity contribution is -0.140. The molecule has 3 atom stereocenters. The van der Waals surface area contributed by atoms with E-state index in [1.165, 1.54) is 45.6 Å². The molecule has 0 aromatic rings. The van der Waals surface area contributed by atoms with E-state index < -0.39 is 0 Å². The Labute approximate surface area is 117 Å². The third-order valence-electron chi connectivity index (χ3n) is 4.32. The first-order valence-electron chi connectivity index (χ1n) is 7.94. The Balaban J connectivity index is 1.81. The molecule has 0 radical (unpaired) electrons. The van der Waals surface area contributed by atoms with Gasteiger partial charge in [-0.1, -0.05) is 45.4 Å². The van der Waals surface area contributed by atoms with Gasteiger partial charge < -0.3 is 9.84 Å². The maximum Gasteiger partial charge on any atom is 0.305 e. The molecule has 3 nitrogen and oxygen atoms in total. The minimum absolute atomic E-state index is 0.0525. The van der Waals surface area contributed by atoms with E-state index in [2.05, 4.69) is 11.7 Å². The standard InChI is InChI=1S/C16H30O3/c1-3-15(17)14-12-13(14)10-8-6-4-5-7-9-11-16(18)19-2/h13-15,17H,3-12H2,1-2H3. The summed E-state index contributed by atoms with van der Waals surface area (Å²) >= 11 is 0. The first-order valence-corrected chi connectivity index (χ1v) is 7.94. The number of rotatable bonds is 11. The smallest absolute Gasteiger partial charge is 0.305 e. The fraction of sp³-hybridized carbons (Fsp3) is 0.938. The van der Waals surface area contributed by atoms with Gasteiger partial charge in [0.05, 0.1) is 13.2 Å². The molecular formula is C16H30O3. The highest BCUT2D eigenvalue weighted by atomic mass is 16.5. The molecule has 0 aromatic heterocycles. The summed E-state index contributed by atoms with van der Waals surface area (Å²) in [6.07, 6.45) is 11.1. The summed E-state index contributed by atoms with van der Waals surface area (Å²) in [6.45, 7) is 2.06. The first kappa shape index (κ1) is 16.5. The normalized spacial score (nSPS) is 23.1. The molecule has 3 unspecified atom stereocenters. The molecule has 0 aromatic carbocycles. The minimum atomic E-state index is -0.0887. The molecule has 19 heavy (non-hydrogen) atoms. The number of methoxy groups -OCH3 is 1. The van der Waals surface area contributed by atoms with Gasteiger partial charge in [0.1, 0.15) is 0 Å². The van der Waals surface area contributed by atoms with Gasteiger partial charge in [0, 0.05) is 6.42 Å². The van der Waals surface area contributed by atoms with Crippen LogP contribution in [-0.2, 0) is 9.53 Å². The highest BCUT2D eigenvalue weighted by Crippen LogP contribution is 2.45. The van der Waals surface area contributed by atoms with Crippen molar-refractivity contribution in [2.24, 2.45) is 11.8 Å². The maximum absolute atomic E-state index is 10.9. The summed E-state index contributed by atoms with van der Waals surface area (Å²) in [5, 5.41) is 9.70. The van der Waals surface area contributed by atoms with E-state index in [0.29, 0.717) is 12.3 Å². The van der Waals surface area contributed by atoms with E-state index in [4.69, 9.17) is 0 Å². The van der Waals surface area contributed by atoms with Crippen LogP contribution in [0.3, 0.4) is 0 Å². The number of hydrogen-bond donors (Lipinski definition) is 1. The summed E-state index contributed by atoms with van der Waals surface area (Å²) < 4.78 is 4.61. The van der Waals surface area contributed by atoms with Crippen molar-refractivity contribution in [1.82, 2.24) is 0 Å². The summed E-state index contributed by atoms with van der Waals surface area (Å²) in [5.74, 6) is 1.31. The van der Waals surface area contributed by atoms with Crippen LogP contribution in [0.1, 0.15) is 71.1 Å². The van der Waals surface area contributed by atoms with Crippen molar-refractivity contribution in [2.45, 2.75) is 77.2 Å². The fourth-order valence-corrected chi connectivity index (χ4v) is 2.86. The highest BCUT2D eigenvalue weighted by Gasteiger charge is 2.40. The Kier molecular flexibility index (Phi) is 8.11. The molecule has 1 saturated carbocycles. The second kappa shape index (κ2) is 9.35. The van der Waals surface area contributed by atoms with Gasteiger partial charge in [-0.05, 0) is 31.1 Å². The van der Waals surface area contributed by atoms with E-state index in [1.807, 2.05) is 0 Å². The van der Waals surface area contributed by atoms with Crippen LogP contribution in [0.15, 0.2) is 0 Å². The van der Waals surface area contributed by atoms with E-state index in [-0.39, 0.29) is 12.1 Å². The lowest BCUT2D eigenvalue weighted by Crippen LogP contribution is -2.08. The molecule has 1 fully saturated rings.